The minimum Gasteiger partial charge on any atom is -0.481 e. The Morgan fingerprint density at radius 2 is 2.08 bits per heavy atom. The van der Waals surface area contributed by atoms with Gasteiger partial charge in [-0.2, -0.15) is 0 Å². The van der Waals surface area contributed by atoms with E-state index in [4.69, 9.17) is 9.73 Å². The Morgan fingerprint density at radius 3 is 2.79 bits per heavy atom. The van der Waals surface area contributed by atoms with Crippen LogP contribution in [0.1, 0.15) is 25.7 Å². The van der Waals surface area contributed by atoms with Gasteiger partial charge in [0.1, 0.15) is 0 Å². The van der Waals surface area contributed by atoms with Gasteiger partial charge >= 0.3 is 0 Å². The summed E-state index contributed by atoms with van der Waals surface area (Å²) in [6.07, 6.45) is 11.0. The molecule has 0 spiro atoms. The summed E-state index contributed by atoms with van der Waals surface area (Å²) in [6, 6.07) is 0.379. The van der Waals surface area contributed by atoms with E-state index in [2.05, 4.69) is 47.4 Å². The third-order valence-electron chi connectivity index (χ3n) is 5.12. The maximum Gasteiger partial charge on any atom is 0.209 e. The Bertz CT molecular complexity index is 566. The monoisotopic (exact) mass is 330 g/mol. The highest BCUT2D eigenvalue weighted by molar-refractivity contribution is 6.05. The van der Waals surface area contributed by atoms with Gasteiger partial charge in [-0.25, -0.2) is 4.99 Å². The zero-order chi connectivity index (χ0) is 16.9. The van der Waals surface area contributed by atoms with Crippen molar-refractivity contribution in [3.8, 4) is 0 Å². The number of nitrogens with one attached hydrogen (secondary N) is 1. The summed E-state index contributed by atoms with van der Waals surface area (Å²) >= 11 is 0. The maximum atomic E-state index is 5.42. The second kappa shape index (κ2) is 7.99. The lowest BCUT2D eigenvalue weighted by Crippen LogP contribution is -2.44. The number of rotatable bonds is 4. The van der Waals surface area contributed by atoms with E-state index >= 15 is 0 Å². The summed E-state index contributed by atoms with van der Waals surface area (Å²) in [5, 5.41) is 3.50. The minimum absolute atomic E-state index is 0.379. The molecular weight excluding hydrogens is 300 g/mol. The van der Waals surface area contributed by atoms with Crippen LogP contribution in [0.2, 0.25) is 0 Å². The Balaban J connectivity index is 1.85. The quantitative estimate of drug-likeness (QED) is 0.857. The Morgan fingerprint density at radius 1 is 1.21 bits per heavy atom. The van der Waals surface area contributed by atoms with Gasteiger partial charge in [0.15, 0.2) is 0 Å². The second-order valence-electron chi connectivity index (χ2n) is 6.88. The third-order valence-corrected chi connectivity index (χ3v) is 5.12. The van der Waals surface area contributed by atoms with Gasteiger partial charge in [0.25, 0.3) is 0 Å². The molecule has 0 bridgehead atoms. The zero-order valence-electron chi connectivity index (χ0n) is 15.2. The van der Waals surface area contributed by atoms with Crippen LogP contribution in [0.3, 0.4) is 0 Å². The first-order valence-electron chi connectivity index (χ1n) is 9.04. The van der Waals surface area contributed by atoms with Crippen LogP contribution in [0.5, 0.6) is 0 Å². The van der Waals surface area contributed by atoms with Gasteiger partial charge in [0.05, 0.1) is 18.9 Å². The molecule has 3 rings (SSSR count). The van der Waals surface area contributed by atoms with Crippen LogP contribution in [0.15, 0.2) is 40.4 Å². The number of hydrogen-bond donors (Lipinski definition) is 1. The Labute approximate surface area is 145 Å². The van der Waals surface area contributed by atoms with Crippen molar-refractivity contribution in [3.63, 3.8) is 0 Å². The molecule has 5 nitrogen and oxygen atoms in total. The molecule has 0 aromatic carbocycles. The minimum atomic E-state index is 0.379. The molecule has 1 N–H and O–H groups in total. The van der Waals surface area contributed by atoms with E-state index in [1.807, 2.05) is 0 Å². The van der Waals surface area contributed by atoms with Crippen LogP contribution < -0.4 is 5.32 Å². The van der Waals surface area contributed by atoms with E-state index in [9.17, 15) is 0 Å². The van der Waals surface area contributed by atoms with E-state index in [-0.39, 0.29) is 0 Å². The Hall–Kier alpha value is -1.59. The summed E-state index contributed by atoms with van der Waals surface area (Å²) < 4.78 is 5.42. The summed E-state index contributed by atoms with van der Waals surface area (Å²) in [4.78, 5) is 9.66. The predicted octanol–water partition coefficient (Wildman–Crippen LogP) is 2.15. The first kappa shape index (κ1) is 17.2. The summed E-state index contributed by atoms with van der Waals surface area (Å²) in [5.74, 6) is 0.762. The highest BCUT2D eigenvalue weighted by Gasteiger charge is 2.29. The van der Waals surface area contributed by atoms with Crippen molar-refractivity contribution in [2.24, 2.45) is 4.99 Å². The molecular formula is C19H30N4O. The lowest BCUT2D eigenvalue weighted by atomic mass is 9.90. The van der Waals surface area contributed by atoms with Gasteiger partial charge < -0.3 is 15.0 Å². The van der Waals surface area contributed by atoms with E-state index in [0.29, 0.717) is 6.04 Å². The van der Waals surface area contributed by atoms with Gasteiger partial charge in [-0.3, -0.25) is 4.90 Å². The van der Waals surface area contributed by atoms with Gasteiger partial charge in [-0.05, 0) is 50.0 Å². The van der Waals surface area contributed by atoms with E-state index in [1.165, 1.54) is 23.4 Å². The molecule has 1 aliphatic carbocycles. The average molecular weight is 330 g/mol. The first-order valence-corrected chi connectivity index (χ1v) is 9.04. The van der Waals surface area contributed by atoms with Crippen molar-refractivity contribution in [2.75, 3.05) is 47.4 Å². The highest BCUT2D eigenvalue weighted by Crippen LogP contribution is 2.28. The summed E-state index contributed by atoms with van der Waals surface area (Å²) in [7, 11) is 5.94. The maximum absolute atomic E-state index is 5.42. The molecule has 0 aromatic heterocycles. The molecule has 2 heterocycles. The van der Waals surface area contributed by atoms with Crippen molar-refractivity contribution in [1.82, 2.24) is 15.1 Å². The Kier molecular flexibility index (Phi) is 5.74. The fourth-order valence-electron chi connectivity index (χ4n) is 3.69. The first-order chi connectivity index (χ1) is 11.7. The number of nitrogens with zero attached hydrogens (tertiary/aromatic N) is 3. The fourth-order valence-corrected chi connectivity index (χ4v) is 3.69. The van der Waals surface area contributed by atoms with Gasteiger partial charge in [0, 0.05) is 39.4 Å². The van der Waals surface area contributed by atoms with Crippen LogP contribution in [0.4, 0.5) is 0 Å². The topological polar surface area (TPSA) is 40.1 Å². The summed E-state index contributed by atoms with van der Waals surface area (Å²) in [6.45, 7) is 4.41. The van der Waals surface area contributed by atoms with Crippen molar-refractivity contribution >= 4 is 5.71 Å². The lowest BCUT2D eigenvalue weighted by Gasteiger charge is -2.34. The molecule has 0 saturated carbocycles. The van der Waals surface area contributed by atoms with Crippen molar-refractivity contribution < 1.29 is 4.74 Å². The van der Waals surface area contributed by atoms with Crippen LogP contribution in [0, 0.1) is 0 Å². The molecule has 1 unspecified atom stereocenters. The molecule has 24 heavy (non-hydrogen) atoms. The number of aliphatic imine (C=N–C) groups is 1. The van der Waals surface area contributed by atoms with Gasteiger partial charge in [0.2, 0.25) is 5.88 Å². The van der Waals surface area contributed by atoms with Crippen LogP contribution in [-0.2, 0) is 4.74 Å². The van der Waals surface area contributed by atoms with Crippen molar-refractivity contribution in [3.05, 3.63) is 35.4 Å². The SMILES string of the molecule is COC1=CCC(N2CCCNCC2)C(C2=CC=C(N(C)C)CC2)=N1. The van der Waals surface area contributed by atoms with Crippen molar-refractivity contribution in [1.29, 1.82) is 0 Å². The average Bonchev–Trinajstić information content (AvgIpc) is 2.90. The van der Waals surface area contributed by atoms with E-state index in [0.717, 1.165) is 51.3 Å². The number of hydrogen-bond acceptors (Lipinski definition) is 5. The van der Waals surface area contributed by atoms with Crippen LogP contribution in [-0.4, -0.2) is 68.9 Å². The molecule has 1 saturated heterocycles. The molecule has 0 aromatic rings. The largest absolute Gasteiger partial charge is 0.481 e. The van der Waals surface area contributed by atoms with E-state index < -0.39 is 0 Å². The molecule has 0 radical (unpaired) electrons. The van der Waals surface area contributed by atoms with E-state index in [1.54, 1.807) is 7.11 Å². The van der Waals surface area contributed by atoms with Crippen molar-refractivity contribution in [2.45, 2.75) is 31.7 Å². The smallest absolute Gasteiger partial charge is 0.209 e. The molecule has 1 atom stereocenters. The third kappa shape index (κ3) is 3.90. The normalized spacial score (nSPS) is 25.9. The van der Waals surface area contributed by atoms with Gasteiger partial charge in [-0.15, -0.1) is 0 Å². The number of ether oxygens (including phenoxy) is 1. The lowest BCUT2D eigenvalue weighted by molar-refractivity contribution is 0.243. The second-order valence-corrected chi connectivity index (χ2v) is 6.88. The molecule has 1 fully saturated rings. The molecule has 5 heteroatoms. The fraction of sp³-hybridized carbons (Fsp3) is 0.632. The standard InChI is InChI=1S/C19H30N4O/c1-22(2)16-7-5-15(6-8-16)19-17(9-10-18(21-19)24-3)23-13-4-11-20-12-14-23/h5,7,10,17,20H,4,6,8-9,11-14H2,1-3H3. The van der Waals surface area contributed by atoms with Crippen LogP contribution >= 0.6 is 0 Å². The van der Waals surface area contributed by atoms with Gasteiger partial charge in [-0.1, -0.05) is 6.08 Å². The summed E-state index contributed by atoms with van der Waals surface area (Å²) in [5.41, 5.74) is 3.96. The molecule has 0 amide bonds. The molecule has 132 valence electrons. The number of allylic oxidation sites excluding steroid dienone is 3. The number of methoxy groups -OCH3 is 1. The molecule has 3 aliphatic rings. The molecule has 2 aliphatic heterocycles. The zero-order valence-corrected chi connectivity index (χ0v) is 15.2. The predicted molar refractivity (Wildman–Crippen MR) is 99.1 cm³/mol. The highest BCUT2D eigenvalue weighted by atomic mass is 16.5. The van der Waals surface area contributed by atoms with Crippen LogP contribution in [0.25, 0.3) is 0 Å².